The van der Waals surface area contributed by atoms with Crippen molar-refractivity contribution in [3.63, 3.8) is 0 Å². The van der Waals surface area contributed by atoms with Gasteiger partial charge >= 0.3 is 0 Å². The Morgan fingerprint density at radius 1 is 0.970 bits per heavy atom. The molecule has 3 rings (SSSR count). The fourth-order valence-corrected chi connectivity index (χ4v) is 3.40. The zero-order chi connectivity index (χ0) is 23.6. The van der Waals surface area contributed by atoms with Gasteiger partial charge in [-0.3, -0.25) is 16.2 Å². The minimum Gasteiger partial charge on any atom is -0.393 e. The lowest BCUT2D eigenvalue weighted by molar-refractivity contribution is 0.628. The fourth-order valence-electron chi connectivity index (χ4n) is 2.83. The molecular weight excluding hydrogens is 435 g/mol. The van der Waals surface area contributed by atoms with Crippen LogP contribution >= 0.6 is 11.8 Å². The van der Waals surface area contributed by atoms with Crippen molar-refractivity contribution in [1.29, 1.82) is 16.2 Å². The van der Waals surface area contributed by atoms with E-state index < -0.39 is 0 Å². The van der Waals surface area contributed by atoms with Gasteiger partial charge in [0.1, 0.15) is 11.3 Å². The molecule has 0 aliphatic carbocycles. The van der Waals surface area contributed by atoms with Gasteiger partial charge in [-0.2, -0.15) is 5.10 Å². The molecule has 0 amide bonds. The Balaban J connectivity index is 1.76. The van der Waals surface area contributed by atoms with Crippen molar-refractivity contribution in [2.45, 2.75) is 0 Å². The maximum atomic E-state index is 13.3. The highest BCUT2D eigenvalue weighted by Crippen LogP contribution is 2.17. The molecule has 0 radical (unpaired) electrons. The number of rotatable bonds is 8. The third-order valence-electron chi connectivity index (χ3n) is 4.47. The lowest BCUT2D eigenvalue weighted by Gasteiger charge is -2.11. The minimum absolute atomic E-state index is 0.171. The number of aromatic nitrogens is 2. The number of hydrogen-bond donors (Lipinski definition) is 4. The summed E-state index contributed by atoms with van der Waals surface area (Å²) in [5.41, 5.74) is 2.75. The summed E-state index contributed by atoms with van der Waals surface area (Å²) in [7, 11) is 1.72. The quantitative estimate of drug-likeness (QED) is 0.220. The number of hydrogen-bond acceptors (Lipinski definition) is 6. The second-order valence-corrected chi connectivity index (χ2v) is 7.68. The molecule has 4 N–H and O–H groups in total. The highest BCUT2D eigenvalue weighted by Gasteiger charge is 2.13. The summed E-state index contributed by atoms with van der Waals surface area (Å²) in [6.07, 6.45) is 6.78. The second kappa shape index (κ2) is 11.5. The molecule has 8 heteroatoms. The molecule has 0 saturated heterocycles. The van der Waals surface area contributed by atoms with Crippen molar-refractivity contribution in [1.82, 2.24) is 15.1 Å². The van der Waals surface area contributed by atoms with Crippen LogP contribution in [0, 0.1) is 22.0 Å². The first kappa shape index (κ1) is 23.6. The lowest BCUT2D eigenvalue weighted by Crippen LogP contribution is -2.20. The van der Waals surface area contributed by atoms with E-state index in [0.29, 0.717) is 21.9 Å². The Morgan fingerprint density at radius 3 is 2.39 bits per heavy atom. The fraction of sp³-hybridized carbons (Fsp3) is 0.0400. The zero-order valence-electron chi connectivity index (χ0n) is 17.9. The normalized spacial score (nSPS) is 11.8. The van der Waals surface area contributed by atoms with E-state index in [1.807, 2.05) is 30.3 Å². The van der Waals surface area contributed by atoms with Crippen LogP contribution < -0.4 is 10.8 Å². The van der Waals surface area contributed by atoms with Gasteiger partial charge in [0.05, 0.1) is 16.4 Å². The van der Waals surface area contributed by atoms with Crippen LogP contribution in [0.25, 0.3) is 11.8 Å². The van der Waals surface area contributed by atoms with Gasteiger partial charge in [-0.15, -0.1) is 0 Å². The summed E-state index contributed by atoms with van der Waals surface area (Å²) in [4.78, 5) is 0. The predicted octanol–water partition coefficient (Wildman–Crippen LogP) is 4.87. The van der Waals surface area contributed by atoms with E-state index in [0.717, 1.165) is 5.56 Å². The van der Waals surface area contributed by atoms with E-state index >= 15 is 0 Å². The summed E-state index contributed by atoms with van der Waals surface area (Å²) in [5.74, 6) is -0.365. The molecule has 0 aliphatic heterocycles. The van der Waals surface area contributed by atoms with Crippen molar-refractivity contribution in [2.24, 2.45) is 0 Å². The lowest BCUT2D eigenvalue weighted by atomic mass is 10.0. The molecule has 1 aromatic heterocycles. The number of halogens is 1. The summed E-state index contributed by atoms with van der Waals surface area (Å²) in [6, 6.07) is 18.4. The molecule has 0 saturated carbocycles. The molecular formula is C25H23FN6S. The maximum absolute atomic E-state index is 13.3. The molecule has 2 aromatic carbocycles. The van der Waals surface area contributed by atoms with Gasteiger partial charge in [0.25, 0.3) is 0 Å². The molecule has 0 fully saturated rings. The number of benzene rings is 2. The summed E-state index contributed by atoms with van der Waals surface area (Å²) >= 11 is 1.29. The van der Waals surface area contributed by atoms with E-state index in [1.54, 1.807) is 61.3 Å². The third kappa shape index (κ3) is 6.47. The Hall–Kier alpha value is -4.04. The van der Waals surface area contributed by atoms with Crippen molar-refractivity contribution in [3.8, 4) is 0 Å². The van der Waals surface area contributed by atoms with Gasteiger partial charge in [-0.05, 0) is 47.9 Å². The molecule has 1 heterocycles. The first-order valence-corrected chi connectivity index (χ1v) is 10.9. The second-order valence-electron chi connectivity index (χ2n) is 6.76. The van der Waals surface area contributed by atoms with Crippen LogP contribution in [0.5, 0.6) is 0 Å². The van der Waals surface area contributed by atoms with Crippen molar-refractivity contribution < 1.29 is 4.39 Å². The van der Waals surface area contributed by atoms with Crippen LogP contribution in [-0.2, 0) is 0 Å². The zero-order valence-corrected chi connectivity index (χ0v) is 18.7. The van der Waals surface area contributed by atoms with Crippen LogP contribution in [0.4, 0.5) is 4.39 Å². The van der Waals surface area contributed by atoms with Gasteiger partial charge in [0.15, 0.2) is 0 Å². The van der Waals surface area contributed by atoms with E-state index in [-0.39, 0.29) is 17.0 Å². The van der Waals surface area contributed by atoms with Gasteiger partial charge < -0.3 is 5.32 Å². The van der Waals surface area contributed by atoms with Crippen LogP contribution in [0.15, 0.2) is 90.5 Å². The van der Waals surface area contributed by atoms with Crippen molar-refractivity contribution in [3.05, 3.63) is 119 Å². The van der Waals surface area contributed by atoms with E-state index in [4.69, 9.17) is 16.2 Å². The summed E-state index contributed by atoms with van der Waals surface area (Å²) in [6.45, 7) is 0. The molecule has 0 bridgehead atoms. The number of allylic oxidation sites excluding steroid dienone is 3. The number of nitrogens with zero attached hydrogens (tertiary/aromatic N) is 2. The van der Waals surface area contributed by atoms with Crippen molar-refractivity contribution >= 4 is 34.3 Å². The molecule has 166 valence electrons. The van der Waals surface area contributed by atoms with Crippen LogP contribution in [0.2, 0.25) is 0 Å². The van der Waals surface area contributed by atoms with Gasteiger partial charge in [-0.1, -0.05) is 48.2 Å². The van der Waals surface area contributed by atoms with Crippen LogP contribution in [0.1, 0.15) is 16.8 Å². The van der Waals surface area contributed by atoms with E-state index in [9.17, 15) is 4.39 Å². The highest BCUT2D eigenvalue weighted by atomic mass is 32.2. The molecule has 0 atom stereocenters. The summed E-state index contributed by atoms with van der Waals surface area (Å²) < 4.78 is 14.7. The van der Waals surface area contributed by atoms with Gasteiger partial charge in [0.2, 0.25) is 0 Å². The maximum Gasteiger partial charge on any atom is 0.146 e. The number of thioether (sulfide) groups is 1. The average Bonchev–Trinajstić information content (AvgIpc) is 2.84. The SMILES string of the molecule is CN/C=C(\C(=N)c1ccc(F)cc1)c1ccc(=N)n(/C=C/C=C/SC(=N)c2ccccc2)n1. The Bertz CT molecular complexity index is 1270. The van der Waals surface area contributed by atoms with Gasteiger partial charge in [0, 0.05) is 36.1 Å². The third-order valence-corrected chi connectivity index (χ3v) is 5.23. The van der Waals surface area contributed by atoms with Crippen molar-refractivity contribution in [2.75, 3.05) is 7.05 Å². The smallest absolute Gasteiger partial charge is 0.146 e. The Kier molecular flexibility index (Phi) is 8.26. The topological polar surface area (TPSA) is 101 Å². The molecule has 0 unspecified atom stereocenters. The highest BCUT2D eigenvalue weighted by molar-refractivity contribution is 8.16. The average molecular weight is 459 g/mol. The van der Waals surface area contributed by atoms with Gasteiger partial charge in [-0.25, -0.2) is 9.07 Å². The largest absolute Gasteiger partial charge is 0.393 e. The standard InChI is InChI=1S/C25H23FN6S/c1-30-17-21(24(28)18-9-11-20(26)12-10-18)22-13-14-23(27)32(31-22)15-5-6-16-33-25(29)19-7-3-2-4-8-19/h2-17,27-30H,1H3/b15-5+,16-6+,21-17-,27-23?,28-24?,29-25?. The Labute approximate surface area is 195 Å². The molecule has 0 spiro atoms. The van der Waals surface area contributed by atoms with E-state index in [2.05, 4.69) is 10.4 Å². The minimum atomic E-state index is -0.365. The Morgan fingerprint density at radius 2 is 1.70 bits per heavy atom. The first-order valence-electron chi connectivity index (χ1n) is 10.0. The predicted molar refractivity (Wildman–Crippen MR) is 134 cm³/mol. The monoisotopic (exact) mass is 458 g/mol. The first-order chi connectivity index (χ1) is 16.0. The number of nitrogens with one attached hydrogen (secondary N) is 4. The molecule has 6 nitrogen and oxygen atoms in total. The van der Waals surface area contributed by atoms with E-state index in [1.165, 1.54) is 28.6 Å². The van der Waals surface area contributed by atoms with Crippen LogP contribution in [0.3, 0.4) is 0 Å². The van der Waals surface area contributed by atoms with Crippen LogP contribution in [-0.4, -0.2) is 27.6 Å². The molecule has 3 aromatic rings. The summed E-state index contributed by atoms with van der Waals surface area (Å²) in [5, 5.41) is 34.4. The molecule has 0 aliphatic rings. The molecule has 33 heavy (non-hydrogen) atoms.